The smallest absolute Gasteiger partial charge is 0.341 e. The summed E-state index contributed by atoms with van der Waals surface area (Å²) in [5, 5.41) is 9.01. The van der Waals surface area contributed by atoms with E-state index in [9.17, 15) is 9.59 Å². The molecule has 0 aliphatic carbocycles. The molecule has 0 unspecified atom stereocenters. The second-order valence-electron chi connectivity index (χ2n) is 4.82. The number of carbonyl (C=O) groups is 1. The first-order chi connectivity index (χ1) is 11.1. The van der Waals surface area contributed by atoms with Gasteiger partial charge in [0, 0.05) is 6.20 Å². The first-order valence-corrected chi connectivity index (χ1v) is 6.98. The summed E-state index contributed by atoms with van der Waals surface area (Å²) >= 11 is 0. The quantitative estimate of drug-likeness (QED) is 0.788. The number of benzene rings is 1. The van der Waals surface area contributed by atoms with Crippen molar-refractivity contribution in [1.29, 1.82) is 5.26 Å². The molecule has 0 bridgehead atoms. The van der Waals surface area contributed by atoms with Crippen LogP contribution >= 0.6 is 0 Å². The number of aryl methyl sites for hydroxylation is 1. The van der Waals surface area contributed by atoms with E-state index in [1.807, 2.05) is 6.07 Å². The molecule has 0 amide bonds. The Morgan fingerprint density at radius 3 is 2.74 bits per heavy atom. The zero-order chi connectivity index (χ0) is 16.8. The largest absolute Gasteiger partial charge is 0.491 e. The Labute approximate surface area is 133 Å². The summed E-state index contributed by atoms with van der Waals surface area (Å²) in [4.78, 5) is 23.7. The van der Waals surface area contributed by atoms with Gasteiger partial charge in [-0.15, -0.1) is 0 Å². The van der Waals surface area contributed by atoms with Crippen LogP contribution in [0.3, 0.4) is 0 Å². The Hall–Kier alpha value is -3.07. The zero-order valence-corrected chi connectivity index (χ0v) is 12.9. The van der Waals surface area contributed by atoms with Crippen molar-refractivity contribution in [2.24, 2.45) is 0 Å². The van der Waals surface area contributed by atoms with Crippen LogP contribution in [0.15, 0.2) is 41.3 Å². The Bertz CT molecular complexity index is 818. The Kier molecular flexibility index (Phi) is 5.15. The fourth-order valence-corrected chi connectivity index (χ4v) is 2.10. The maximum absolute atomic E-state index is 12.1. The van der Waals surface area contributed by atoms with Crippen LogP contribution < -0.4 is 10.3 Å². The molecule has 0 fully saturated rings. The van der Waals surface area contributed by atoms with Gasteiger partial charge in [0.2, 0.25) is 0 Å². The summed E-state index contributed by atoms with van der Waals surface area (Å²) < 4.78 is 11.7. The van der Waals surface area contributed by atoms with Crippen LogP contribution in [-0.4, -0.2) is 24.3 Å². The van der Waals surface area contributed by atoms with Gasteiger partial charge >= 0.3 is 5.97 Å². The molecule has 118 valence electrons. The highest BCUT2D eigenvalue weighted by Gasteiger charge is 2.12. The Morgan fingerprint density at radius 1 is 1.30 bits per heavy atom. The lowest BCUT2D eigenvalue weighted by molar-refractivity contribution is 0.0596. The molecular formula is C17H16N2O4. The second-order valence-corrected chi connectivity index (χ2v) is 4.82. The average molecular weight is 312 g/mol. The fourth-order valence-electron chi connectivity index (χ4n) is 2.10. The first kappa shape index (κ1) is 16.3. The Morgan fingerprint density at radius 2 is 2.04 bits per heavy atom. The van der Waals surface area contributed by atoms with Crippen LogP contribution in [0.25, 0.3) is 0 Å². The molecule has 1 heterocycles. The molecule has 0 aliphatic heterocycles. The molecule has 1 aromatic carbocycles. The van der Waals surface area contributed by atoms with Crippen molar-refractivity contribution >= 4 is 5.97 Å². The molecule has 6 nitrogen and oxygen atoms in total. The van der Waals surface area contributed by atoms with Crippen LogP contribution in [0.5, 0.6) is 5.75 Å². The second kappa shape index (κ2) is 7.27. The number of aromatic nitrogens is 1. The van der Waals surface area contributed by atoms with Crippen LogP contribution in [0.1, 0.15) is 21.5 Å². The molecule has 1 aromatic heterocycles. The lowest BCUT2D eigenvalue weighted by atomic mass is 10.2. The van der Waals surface area contributed by atoms with Gasteiger partial charge in [0.25, 0.3) is 5.56 Å². The van der Waals surface area contributed by atoms with Crippen molar-refractivity contribution in [2.75, 3.05) is 13.7 Å². The number of para-hydroxylation sites is 1. The molecule has 0 N–H and O–H groups in total. The molecule has 0 radical (unpaired) electrons. The summed E-state index contributed by atoms with van der Waals surface area (Å²) in [5.74, 6) is -0.0973. The van der Waals surface area contributed by atoms with E-state index < -0.39 is 5.97 Å². The van der Waals surface area contributed by atoms with Crippen LogP contribution in [-0.2, 0) is 11.3 Å². The first-order valence-electron chi connectivity index (χ1n) is 6.98. The van der Waals surface area contributed by atoms with Crippen molar-refractivity contribution in [3.63, 3.8) is 0 Å². The third-order valence-corrected chi connectivity index (χ3v) is 3.37. The maximum atomic E-state index is 12.1. The van der Waals surface area contributed by atoms with E-state index in [0.29, 0.717) is 16.9 Å². The number of carbonyl (C=O) groups excluding carboxylic acids is 1. The SMILES string of the molecule is COC(=O)c1ccccc1OCCn1ccc(C)c(C#N)c1=O. The predicted octanol–water partition coefficient (Wildman–Crippen LogP) is 1.89. The van der Waals surface area contributed by atoms with Crippen molar-refractivity contribution in [1.82, 2.24) is 4.57 Å². The zero-order valence-electron chi connectivity index (χ0n) is 12.9. The molecule has 0 spiro atoms. The van der Waals surface area contributed by atoms with Gasteiger partial charge < -0.3 is 14.0 Å². The van der Waals surface area contributed by atoms with E-state index in [1.165, 1.54) is 11.7 Å². The number of methoxy groups -OCH3 is 1. The van der Waals surface area contributed by atoms with Gasteiger partial charge in [-0.25, -0.2) is 4.79 Å². The molecule has 0 atom stereocenters. The van der Waals surface area contributed by atoms with E-state index in [2.05, 4.69) is 0 Å². The summed E-state index contributed by atoms with van der Waals surface area (Å²) in [6.07, 6.45) is 1.62. The van der Waals surface area contributed by atoms with E-state index >= 15 is 0 Å². The van der Waals surface area contributed by atoms with Gasteiger partial charge in [-0.05, 0) is 30.7 Å². The number of nitrogens with zero attached hydrogens (tertiary/aromatic N) is 2. The lowest BCUT2D eigenvalue weighted by Gasteiger charge is -2.11. The number of esters is 1. The van der Waals surface area contributed by atoms with Gasteiger partial charge in [-0.3, -0.25) is 4.79 Å². The maximum Gasteiger partial charge on any atom is 0.341 e. The number of hydrogen-bond acceptors (Lipinski definition) is 5. The summed E-state index contributed by atoms with van der Waals surface area (Å²) in [5.41, 5.74) is 0.745. The highest BCUT2D eigenvalue weighted by molar-refractivity contribution is 5.92. The highest BCUT2D eigenvalue weighted by atomic mass is 16.5. The highest BCUT2D eigenvalue weighted by Crippen LogP contribution is 2.18. The molecule has 0 saturated carbocycles. The number of ether oxygens (including phenoxy) is 2. The van der Waals surface area contributed by atoms with Crippen molar-refractivity contribution < 1.29 is 14.3 Å². The van der Waals surface area contributed by atoms with E-state index in [0.717, 1.165) is 0 Å². The molecule has 2 rings (SSSR count). The Balaban J connectivity index is 2.12. The predicted molar refractivity (Wildman–Crippen MR) is 83.4 cm³/mol. The van der Waals surface area contributed by atoms with Crippen molar-refractivity contribution in [2.45, 2.75) is 13.5 Å². The average Bonchev–Trinajstić information content (AvgIpc) is 2.57. The molecule has 23 heavy (non-hydrogen) atoms. The van der Waals surface area contributed by atoms with Gasteiger partial charge in [0.05, 0.1) is 13.7 Å². The van der Waals surface area contributed by atoms with E-state index in [4.69, 9.17) is 14.7 Å². The number of rotatable bonds is 5. The monoisotopic (exact) mass is 312 g/mol. The normalized spacial score (nSPS) is 9.96. The minimum absolute atomic E-state index is 0.127. The van der Waals surface area contributed by atoms with E-state index in [1.54, 1.807) is 43.5 Å². The minimum Gasteiger partial charge on any atom is -0.491 e. The van der Waals surface area contributed by atoms with Gasteiger partial charge in [0.1, 0.15) is 29.6 Å². The van der Waals surface area contributed by atoms with Crippen molar-refractivity contribution in [3.8, 4) is 11.8 Å². The molecular weight excluding hydrogens is 296 g/mol. The summed E-state index contributed by atoms with van der Waals surface area (Å²) in [6.45, 7) is 2.17. The topological polar surface area (TPSA) is 81.3 Å². The molecule has 0 aliphatic rings. The van der Waals surface area contributed by atoms with Crippen LogP contribution in [0.4, 0.5) is 0 Å². The van der Waals surface area contributed by atoms with E-state index in [-0.39, 0.29) is 24.3 Å². The molecule has 0 saturated heterocycles. The van der Waals surface area contributed by atoms with Crippen LogP contribution in [0.2, 0.25) is 0 Å². The molecule has 2 aromatic rings. The minimum atomic E-state index is -0.486. The summed E-state index contributed by atoms with van der Waals surface area (Å²) in [7, 11) is 1.30. The van der Waals surface area contributed by atoms with Gasteiger partial charge in [0.15, 0.2) is 0 Å². The van der Waals surface area contributed by atoms with Gasteiger partial charge in [-0.1, -0.05) is 12.1 Å². The summed E-state index contributed by atoms with van der Waals surface area (Å²) in [6, 6.07) is 10.3. The molecule has 6 heteroatoms. The third-order valence-electron chi connectivity index (χ3n) is 3.37. The fraction of sp³-hybridized carbons (Fsp3) is 0.235. The number of nitriles is 1. The standard InChI is InChI=1S/C17H16N2O4/c1-12-7-8-19(16(20)14(12)11-18)9-10-23-15-6-4-3-5-13(15)17(21)22-2/h3-8H,9-10H2,1-2H3. The number of hydrogen-bond donors (Lipinski definition) is 0. The van der Waals surface area contributed by atoms with Crippen molar-refractivity contribution in [3.05, 3.63) is 63.6 Å². The van der Waals surface area contributed by atoms with Crippen LogP contribution in [0, 0.1) is 18.3 Å². The third kappa shape index (κ3) is 3.58. The number of pyridine rings is 1. The lowest BCUT2D eigenvalue weighted by Crippen LogP contribution is -2.25. The van der Waals surface area contributed by atoms with Gasteiger partial charge in [-0.2, -0.15) is 5.26 Å².